The summed E-state index contributed by atoms with van der Waals surface area (Å²) in [4.78, 5) is 0. The Balaban J connectivity index is 0.000000381. The molecule has 1 aromatic heterocycles. The Labute approximate surface area is 98.1 Å². The summed E-state index contributed by atoms with van der Waals surface area (Å²) in [5.41, 5.74) is 1.18. The monoisotopic (exact) mass is 253 g/mol. The van der Waals surface area contributed by atoms with Gasteiger partial charge in [-0.2, -0.15) is 10.3 Å². The summed E-state index contributed by atoms with van der Waals surface area (Å²) in [6, 6.07) is 8.15. The molecule has 14 heavy (non-hydrogen) atoms. The maximum atomic E-state index is 7.13. The molecule has 0 bridgehead atoms. The summed E-state index contributed by atoms with van der Waals surface area (Å²) in [6.45, 7) is 0. The molecular formula is C9H8CuN3S. The first kappa shape index (κ1) is 13.0. The van der Waals surface area contributed by atoms with Crippen LogP contribution in [0.2, 0.25) is 0 Å². The summed E-state index contributed by atoms with van der Waals surface area (Å²) in [6.07, 6.45) is 1.87. The number of hydrogen-bond acceptors (Lipinski definition) is 2. The SMILES string of the molecule is Cn1ncc2ccccc21.[Cu+].[N-]=C=S. The van der Waals surface area contributed by atoms with Gasteiger partial charge in [0.25, 0.3) is 0 Å². The Hall–Kier alpha value is -0.991. The average Bonchev–Trinajstić information content (AvgIpc) is 2.50. The number of aromatic nitrogens is 2. The summed E-state index contributed by atoms with van der Waals surface area (Å²) in [5, 5.41) is 13.8. The van der Waals surface area contributed by atoms with Crippen LogP contribution in [0.4, 0.5) is 0 Å². The molecule has 0 atom stereocenters. The molecular weight excluding hydrogens is 246 g/mol. The first-order valence-corrected chi connectivity index (χ1v) is 4.08. The largest absolute Gasteiger partial charge is 1.00 e. The Morgan fingerprint density at radius 1 is 1.43 bits per heavy atom. The summed E-state index contributed by atoms with van der Waals surface area (Å²) in [5.74, 6) is 0. The van der Waals surface area contributed by atoms with Gasteiger partial charge in [0.1, 0.15) is 0 Å². The number of para-hydroxylation sites is 1. The minimum absolute atomic E-state index is 0. The average molecular weight is 254 g/mol. The third-order valence-electron chi connectivity index (χ3n) is 1.66. The van der Waals surface area contributed by atoms with E-state index in [1.807, 2.05) is 30.1 Å². The van der Waals surface area contributed by atoms with E-state index in [-0.39, 0.29) is 17.1 Å². The number of rotatable bonds is 0. The minimum Gasteiger partial charge on any atom is -0.753 e. The van der Waals surface area contributed by atoms with Crippen molar-refractivity contribution in [2.75, 3.05) is 0 Å². The topological polar surface area (TPSA) is 40.1 Å². The van der Waals surface area contributed by atoms with Crippen LogP contribution in [0, 0.1) is 0 Å². The molecule has 0 aliphatic heterocycles. The molecule has 3 nitrogen and oxygen atoms in total. The van der Waals surface area contributed by atoms with Gasteiger partial charge in [0.05, 0.1) is 11.7 Å². The number of thiocarbonyl (C=S) groups is 1. The summed E-state index contributed by atoms with van der Waals surface area (Å²) >= 11 is 3.70. The van der Waals surface area contributed by atoms with Crippen molar-refractivity contribution in [3.63, 3.8) is 0 Å². The van der Waals surface area contributed by atoms with E-state index >= 15 is 0 Å². The fourth-order valence-corrected chi connectivity index (χ4v) is 1.10. The van der Waals surface area contributed by atoms with Crippen LogP contribution in [-0.2, 0) is 24.1 Å². The zero-order valence-corrected chi connectivity index (χ0v) is 9.20. The molecule has 1 heterocycles. The Morgan fingerprint density at radius 2 is 2.00 bits per heavy atom. The number of aryl methyl sites for hydroxylation is 1. The van der Waals surface area contributed by atoms with Crippen molar-refractivity contribution in [3.05, 3.63) is 35.9 Å². The van der Waals surface area contributed by atoms with Crippen molar-refractivity contribution in [2.45, 2.75) is 0 Å². The Morgan fingerprint density at radius 3 is 2.57 bits per heavy atom. The van der Waals surface area contributed by atoms with E-state index in [4.69, 9.17) is 5.41 Å². The first-order chi connectivity index (χ1) is 6.29. The van der Waals surface area contributed by atoms with Gasteiger partial charge in [0.15, 0.2) is 0 Å². The van der Waals surface area contributed by atoms with Crippen molar-refractivity contribution < 1.29 is 17.1 Å². The molecule has 0 N–H and O–H groups in total. The smallest absolute Gasteiger partial charge is 0.753 e. The van der Waals surface area contributed by atoms with E-state index in [9.17, 15) is 0 Å². The molecule has 0 spiro atoms. The number of fused-ring (bicyclic) bond motifs is 1. The molecule has 0 saturated carbocycles. The summed E-state index contributed by atoms with van der Waals surface area (Å²) < 4.78 is 1.87. The van der Waals surface area contributed by atoms with E-state index in [1.165, 1.54) is 16.1 Å². The van der Waals surface area contributed by atoms with Gasteiger partial charge in [-0.15, -0.1) is 0 Å². The zero-order valence-electron chi connectivity index (χ0n) is 7.44. The zero-order chi connectivity index (χ0) is 9.68. The van der Waals surface area contributed by atoms with E-state index in [1.54, 1.807) is 0 Å². The van der Waals surface area contributed by atoms with Crippen molar-refractivity contribution in [3.8, 4) is 0 Å². The quantitative estimate of drug-likeness (QED) is 0.410. The van der Waals surface area contributed by atoms with E-state index in [0.29, 0.717) is 0 Å². The number of hydrogen-bond donors (Lipinski definition) is 0. The first-order valence-electron chi connectivity index (χ1n) is 3.67. The van der Waals surface area contributed by atoms with Crippen LogP contribution in [0.5, 0.6) is 0 Å². The van der Waals surface area contributed by atoms with Crippen molar-refractivity contribution >= 4 is 28.3 Å². The second-order valence-electron chi connectivity index (χ2n) is 2.42. The van der Waals surface area contributed by atoms with Crippen LogP contribution < -0.4 is 0 Å². The van der Waals surface area contributed by atoms with Gasteiger partial charge in [-0.05, 0) is 6.07 Å². The van der Waals surface area contributed by atoms with E-state index < -0.39 is 0 Å². The second-order valence-corrected chi connectivity index (χ2v) is 2.60. The predicted octanol–water partition coefficient (Wildman–Crippen LogP) is 2.23. The van der Waals surface area contributed by atoms with Gasteiger partial charge in [-0.1, -0.05) is 30.4 Å². The third-order valence-corrected chi connectivity index (χ3v) is 1.66. The second kappa shape index (κ2) is 6.46. The molecule has 5 heteroatoms. The van der Waals surface area contributed by atoms with Crippen molar-refractivity contribution in [1.82, 2.24) is 9.78 Å². The molecule has 0 aliphatic carbocycles. The Kier molecular flexibility index (Phi) is 6.00. The van der Waals surface area contributed by atoms with E-state index in [0.717, 1.165) is 0 Å². The normalized spacial score (nSPS) is 8.07. The third kappa shape index (κ3) is 3.05. The van der Waals surface area contributed by atoms with Gasteiger partial charge in [-0.3, -0.25) is 4.68 Å². The minimum atomic E-state index is 0. The molecule has 2 aromatic rings. The number of benzene rings is 1. The van der Waals surface area contributed by atoms with Crippen LogP contribution in [0.25, 0.3) is 16.3 Å². The molecule has 0 fully saturated rings. The van der Waals surface area contributed by atoms with Crippen LogP contribution in [0.3, 0.4) is 0 Å². The Bertz CT molecular complexity index is 432. The van der Waals surface area contributed by atoms with Gasteiger partial charge in [-0.25, -0.2) is 0 Å². The fraction of sp³-hybridized carbons (Fsp3) is 0.111. The molecule has 0 unspecified atom stereocenters. The fourth-order valence-electron chi connectivity index (χ4n) is 1.10. The van der Waals surface area contributed by atoms with Gasteiger partial charge in [0, 0.05) is 12.4 Å². The van der Waals surface area contributed by atoms with Crippen LogP contribution in [0.1, 0.15) is 0 Å². The maximum absolute atomic E-state index is 7.13. The van der Waals surface area contributed by atoms with Gasteiger partial charge >= 0.3 is 17.1 Å². The predicted molar refractivity (Wildman–Crippen MR) is 56.7 cm³/mol. The van der Waals surface area contributed by atoms with Crippen molar-refractivity contribution in [1.29, 1.82) is 0 Å². The van der Waals surface area contributed by atoms with Gasteiger partial charge in [0.2, 0.25) is 0 Å². The molecule has 0 aliphatic rings. The van der Waals surface area contributed by atoms with E-state index in [2.05, 4.69) is 29.4 Å². The standard InChI is InChI=1S/C8H8N2.CNS.Cu/c1-10-8-5-3-2-4-7(8)6-9-10;2-1-3;/h2-6H,1H3;;/q;-1;+1. The molecule has 0 radical (unpaired) electrons. The summed E-state index contributed by atoms with van der Waals surface area (Å²) in [7, 11) is 1.95. The molecule has 0 amide bonds. The van der Waals surface area contributed by atoms with Crippen LogP contribution in [-0.4, -0.2) is 14.9 Å². The number of nitrogens with zero attached hydrogens (tertiary/aromatic N) is 3. The maximum Gasteiger partial charge on any atom is 1.00 e. The molecule has 2 rings (SSSR count). The molecule has 0 saturated heterocycles. The molecule has 1 aromatic carbocycles. The number of isothiocyanates is 1. The van der Waals surface area contributed by atoms with Gasteiger partial charge < -0.3 is 5.41 Å². The van der Waals surface area contributed by atoms with Crippen molar-refractivity contribution in [2.24, 2.45) is 7.05 Å². The van der Waals surface area contributed by atoms with Crippen LogP contribution in [0.15, 0.2) is 30.5 Å². The van der Waals surface area contributed by atoms with Crippen LogP contribution >= 0.6 is 12.2 Å². The molecule has 76 valence electrons.